The molecule has 1 aliphatic rings. The van der Waals surface area contributed by atoms with Crippen LogP contribution in [0, 0.1) is 17.6 Å². The zero-order valence-corrected chi connectivity index (χ0v) is 11.1. The fourth-order valence-electron chi connectivity index (χ4n) is 1.34. The molecular formula is C10H10BrF2NO2S. The van der Waals surface area contributed by atoms with Crippen molar-refractivity contribution >= 4 is 26.0 Å². The fourth-order valence-corrected chi connectivity index (χ4v) is 2.84. The first-order chi connectivity index (χ1) is 7.90. The normalized spacial score (nSPS) is 16.2. The van der Waals surface area contributed by atoms with Gasteiger partial charge in [-0.3, -0.25) is 0 Å². The van der Waals surface area contributed by atoms with Gasteiger partial charge in [0.15, 0.2) is 0 Å². The highest BCUT2D eigenvalue weighted by atomic mass is 79.9. The number of halogens is 3. The first-order valence-electron chi connectivity index (χ1n) is 5.04. The summed E-state index contributed by atoms with van der Waals surface area (Å²) in [7, 11) is -3.97. The Balaban J connectivity index is 2.27. The second-order valence-electron chi connectivity index (χ2n) is 3.99. The minimum Gasteiger partial charge on any atom is -0.211 e. The van der Waals surface area contributed by atoms with E-state index in [1.807, 2.05) is 0 Å². The largest absolute Gasteiger partial charge is 0.243 e. The third-order valence-electron chi connectivity index (χ3n) is 2.52. The lowest BCUT2D eigenvalue weighted by atomic mass is 10.3. The predicted octanol–water partition coefficient (Wildman–Crippen LogP) is 2.42. The van der Waals surface area contributed by atoms with Crippen LogP contribution in [0.4, 0.5) is 8.78 Å². The van der Waals surface area contributed by atoms with Crippen LogP contribution >= 0.6 is 15.9 Å². The van der Waals surface area contributed by atoms with Gasteiger partial charge in [-0.1, -0.05) is 0 Å². The van der Waals surface area contributed by atoms with Gasteiger partial charge in [0.05, 0.1) is 4.47 Å². The molecule has 0 heterocycles. The third-order valence-corrected chi connectivity index (χ3v) is 4.57. The van der Waals surface area contributed by atoms with Crippen molar-refractivity contribution in [3.05, 3.63) is 28.2 Å². The number of hydrogen-bond acceptors (Lipinski definition) is 2. The lowest BCUT2D eigenvalue weighted by molar-refractivity contribution is 0.541. The average Bonchev–Trinajstić information content (AvgIpc) is 3.04. The van der Waals surface area contributed by atoms with Crippen LogP contribution in [0.1, 0.15) is 12.8 Å². The minimum absolute atomic E-state index is 0.101. The fraction of sp³-hybridized carbons (Fsp3) is 0.400. The van der Waals surface area contributed by atoms with Crippen molar-refractivity contribution in [1.82, 2.24) is 4.72 Å². The summed E-state index contributed by atoms with van der Waals surface area (Å²) in [5.74, 6) is -1.45. The highest BCUT2D eigenvalue weighted by molar-refractivity contribution is 9.10. The molecule has 1 fully saturated rings. The van der Waals surface area contributed by atoms with E-state index in [1.54, 1.807) is 0 Å². The summed E-state index contributed by atoms with van der Waals surface area (Å²) in [5.41, 5.74) is 0. The van der Waals surface area contributed by atoms with Crippen molar-refractivity contribution in [2.75, 3.05) is 6.54 Å². The van der Waals surface area contributed by atoms with Crippen LogP contribution in [0.2, 0.25) is 0 Å². The van der Waals surface area contributed by atoms with Crippen LogP contribution in [0.25, 0.3) is 0 Å². The minimum atomic E-state index is -3.97. The molecular weight excluding hydrogens is 316 g/mol. The Morgan fingerprint density at radius 3 is 2.53 bits per heavy atom. The van der Waals surface area contributed by atoms with Crippen molar-refractivity contribution in [1.29, 1.82) is 0 Å². The summed E-state index contributed by atoms with van der Waals surface area (Å²) in [5, 5.41) is 0. The number of benzene rings is 1. The van der Waals surface area contributed by atoms with Crippen LogP contribution in [0.15, 0.2) is 21.5 Å². The summed E-state index contributed by atoms with van der Waals surface area (Å²) < 4.78 is 52.3. The van der Waals surface area contributed by atoms with Crippen LogP contribution in [0.5, 0.6) is 0 Å². The molecule has 3 nitrogen and oxygen atoms in total. The zero-order valence-electron chi connectivity index (χ0n) is 8.71. The van der Waals surface area contributed by atoms with E-state index in [-0.39, 0.29) is 11.0 Å². The SMILES string of the molecule is O=S(=O)(NCC1CC1)c1cc(F)c(Br)cc1F. The molecule has 0 radical (unpaired) electrons. The molecule has 0 unspecified atom stereocenters. The second-order valence-corrected chi connectivity index (χ2v) is 6.58. The smallest absolute Gasteiger partial charge is 0.211 e. The lowest BCUT2D eigenvalue weighted by Gasteiger charge is -2.07. The van der Waals surface area contributed by atoms with E-state index in [9.17, 15) is 17.2 Å². The Labute approximate surface area is 106 Å². The van der Waals surface area contributed by atoms with E-state index in [0.29, 0.717) is 12.0 Å². The van der Waals surface area contributed by atoms with E-state index in [4.69, 9.17) is 0 Å². The zero-order chi connectivity index (χ0) is 12.6. The Morgan fingerprint density at radius 2 is 1.94 bits per heavy atom. The van der Waals surface area contributed by atoms with Crippen LogP contribution in [0.3, 0.4) is 0 Å². The van der Waals surface area contributed by atoms with Crippen LogP contribution < -0.4 is 4.72 Å². The number of sulfonamides is 1. The molecule has 0 atom stereocenters. The topological polar surface area (TPSA) is 46.2 Å². The van der Waals surface area contributed by atoms with Gasteiger partial charge in [-0.25, -0.2) is 21.9 Å². The molecule has 0 aliphatic heterocycles. The third kappa shape index (κ3) is 3.02. The predicted molar refractivity (Wildman–Crippen MR) is 62.0 cm³/mol. The molecule has 1 aromatic carbocycles. The van der Waals surface area contributed by atoms with E-state index >= 15 is 0 Å². The second kappa shape index (κ2) is 4.62. The molecule has 17 heavy (non-hydrogen) atoms. The Hall–Kier alpha value is -0.530. The number of rotatable bonds is 4. The van der Waals surface area contributed by atoms with Crippen molar-refractivity contribution < 1.29 is 17.2 Å². The highest BCUT2D eigenvalue weighted by Gasteiger charge is 2.26. The maximum Gasteiger partial charge on any atom is 0.243 e. The molecule has 0 bridgehead atoms. The van der Waals surface area contributed by atoms with Gasteiger partial charge in [0.2, 0.25) is 10.0 Å². The molecule has 1 aliphatic carbocycles. The molecule has 94 valence electrons. The van der Waals surface area contributed by atoms with Gasteiger partial charge >= 0.3 is 0 Å². The summed E-state index contributed by atoms with van der Waals surface area (Å²) in [6.45, 7) is 0.277. The Kier molecular flexibility index (Phi) is 3.51. The average molecular weight is 326 g/mol. The van der Waals surface area contributed by atoms with E-state index in [1.165, 1.54) is 0 Å². The molecule has 1 N–H and O–H groups in total. The van der Waals surface area contributed by atoms with Crippen LogP contribution in [-0.2, 0) is 10.0 Å². The summed E-state index contributed by atoms with van der Waals surface area (Å²) in [6, 6.07) is 1.48. The van der Waals surface area contributed by atoms with Crippen molar-refractivity contribution in [2.24, 2.45) is 5.92 Å². The number of nitrogens with one attached hydrogen (secondary N) is 1. The quantitative estimate of drug-likeness (QED) is 0.864. The van der Waals surface area contributed by atoms with Gasteiger partial charge in [0, 0.05) is 6.54 Å². The standard InChI is InChI=1S/C10H10BrF2NO2S/c11-7-3-9(13)10(4-8(7)12)17(15,16)14-5-6-1-2-6/h3-4,6,14H,1-2,5H2. The molecule has 0 amide bonds. The highest BCUT2D eigenvalue weighted by Crippen LogP contribution is 2.29. The molecule has 1 saturated carbocycles. The molecule has 7 heteroatoms. The summed E-state index contributed by atoms with van der Waals surface area (Å²) in [6.07, 6.45) is 1.94. The monoisotopic (exact) mass is 325 g/mol. The Morgan fingerprint density at radius 1 is 1.29 bits per heavy atom. The van der Waals surface area contributed by atoms with E-state index < -0.39 is 26.6 Å². The summed E-state index contributed by atoms with van der Waals surface area (Å²) in [4.78, 5) is -0.654. The summed E-state index contributed by atoms with van der Waals surface area (Å²) >= 11 is 2.79. The van der Waals surface area contributed by atoms with Crippen molar-refractivity contribution in [3.63, 3.8) is 0 Å². The van der Waals surface area contributed by atoms with Gasteiger partial charge in [-0.2, -0.15) is 0 Å². The maximum atomic E-state index is 13.5. The molecule has 2 rings (SSSR count). The maximum absolute atomic E-state index is 13.5. The van der Waals surface area contributed by atoms with Gasteiger partial charge in [0.25, 0.3) is 0 Å². The first-order valence-corrected chi connectivity index (χ1v) is 7.32. The molecule has 0 spiro atoms. The van der Waals surface area contributed by atoms with Crippen molar-refractivity contribution in [2.45, 2.75) is 17.7 Å². The van der Waals surface area contributed by atoms with Gasteiger partial charge in [-0.05, 0) is 46.8 Å². The van der Waals surface area contributed by atoms with Gasteiger partial charge in [-0.15, -0.1) is 0 Å². The molecule has 0 aromatic heterocycles. The van der Waals surface area contributed by atoms with E-state index in [2.05, 4.69) is 20.7 Å². The Bertz CT molecular complexity index is 543. The number of hydrogen-bond donors (Lipinski definition) is 1. The van der Waals surface area contributed by atoms with E-state index in [0.717, 1.165) is 18.9 Å². The van der Waals surface area contributed by atoms with Gasteiger partial charge < -0.3 is 0 Å². The first kappa shape index (κ1) is 12.9. The molecule has 1 aromatic rings. The molecule has 0 saturated heterocycles. The van der Waals surface area contributed by atoms with Crippen molar-refractivity contribution in [3.8, 4) is 0 Å². The van der Waals surface area contributed by atoms with Crippen LogP contribution in [-0.4, -0.2) is 15.0 Å². The lowest BCUT2D eigenvalue weighted by Crippen LogP contribution is -2.26. The van der Waals surface area contributed by atoms with Gasteiger partial charge in [0.1, 0.15) is 16.5 Å².